The van der Waals surface area contributed by atoms with Crippen LogP contribution in [0.4, 0.5) is 8.78 Å². The average Bonchev–Trinajstić information content (AvgIpc) is 2.39. The normalized spacial score (nSPS) is 14.3. The van der Waals surface area contributed by atoms with Gasteiger partial charge < -0.3 is 10.1 Å². The number of halogens is 2. The fourth-order valence-electron chi connectivity index (χ4n) is 2.48. The zero-order valence-corrected chi connectivity index (χ0v) is 12.5. The van der Waals surface area contributed by atoms with Crippen molar-refractivity contribution >= 4 is 0 Å². The van der Waals surface area contributed by atoms with Gasteiger partial charge in [-0.15, -0.1) is 0 Å². The second-order valence-corrected chi connectivity index (χ2v) is 5.19. The molecule has 2 nitrogen and oxygen atoms in total. The molecule has 0 spiro atoms. The van der Waals surface area contributed by atoms with E-state index in [9.17, 15) is 8.78 Å². The lowest BCUT2D eigenvalue weighted by Gasteiger charge is -2.22. The lowest BCUT2D eigenvalue weighted by atomic mass is 9.93. The number of nitrogens with one attached hydrogen (secondary N) is 1. The molecule has 1 rings (SSSR count). The number of rotatable bonds is 9. The van der Waals surface area contributed by atoms with E-state index in [4.69, 9.17) is 0 Å². The van der Waals surface area contributed by atoms with Crippen LogP contribution < -0.4 is 10.1 Å². The largest absolute Gasteiger partial charge is 0.435 e. The Morgan fingerprint density at radius 2 is 1.80 bits per heavy atom. The van der Waals surface area contributed by atoms with Crippen LogP contribution in [-0.2, 0) is 0 Å². The van der Waals surface area contributed by atoms with Crippen LogP contribution in [0.25, 0.3) is 0 Å². The highest BCUT2D eigenvalue weighted by atomic mass is 19.3. The summed E-state index contributed by atoms with van der Waals surface area (Å²) in [4.78, 5) is 0. The first kappa shape index (κ1) is 16.9. The van der Waals surface area contributed by atoms with Gasteiger partial charge in [0, 0.05) is 6.04 Å². The molecule has 0 aliphatic carbocycles. The van der Waals surface area contributed by atoms with Gasteiger partial charge in [-0.3, -0.25) is 0 Å². The first-order valence-corrected chi connectivity index (χ1v) is 7.34. The number of alkyl halides is 2. The molecule has 1 N–H and O–H groups in total. The Hall–Kier alpha value is -1.16. The molecule has 2 atom stereocenters. The number of hydrogen-bond donors (Lipinski definition) is 1. The maximum atomic E-state index is 12.1. The summed E-state index contributed by atoms with van der Waals surface area (Å²) in [5.74, 6) is 0.849. The third-order valence-corrected chi connectivity index (χ3v) is 3.38. The molecule has 0 aliphatic heterocycles. The van der Waals surface area contributed by atoms with Crippen molar-refractivity contribution < 1.29 is 13.5 Å². The van der Waals surface area contributed by atoms with Crippen molar-refractivity contribution in [3.8, 4) is 5.75 Å². The van der Waals surface area contributed by atoms with E-state index >= 15 is 0 Å². The van der Waals surface area contributed by atoms with Gasteiger partial charge >= 0.3 is 6.61 Å². The van der Waals surface area contributed by atoms with Gasteiger partial charge in [0.05, 0.1) is 0 Å². The van der Waals surface area contributed by atoms with E-state index in [1.807, 2.05) is 12.1 Å². The predicted molar refractivity (Wildman–Crippen MR) is 78.2 cm³/mol. The molecule has 0 saturated heterocycles. The molecule has 1 aromatic carbocycles. The summed E-state index contributed by atoms with van der Waals surface area (Å²) in [7, 11) is 0. The highest BCUT2D eigenvalue weighted by Crippen LogP contribution is 2.26. The van der Waals surface area contributed by atoms with E-state index in [2.05, 4.69) is 30.8 Å². The van der Waals surface area contributed by atoms with E-state index in [0.29, 0.717) is 5.92 Å². The number of benzene rings is 1. The fourth-order valence-corrected chi connectivity index (χ4v) is 2.48. The molecule has 2 unspecified atom stereocenters. The van der Waals surface area contributed by atoms with Gasteiger partial charge in [-0.25, -0.2) is 0 Å². The van der Waals surface area contributed by atoms with E-state index in [1.165, 1.54) is 12.8 Å². The van der Waals surface area contributed by atoms with Crippen LogP contribution >= 0.6 is 0 Å². The smallest absolute Gasteiger partial charge is 0.387 e. The van der Waals surface area contributed by atoms with Crippen molar-refractivity contribution in [2.45, 2.75) is 52.7 Å². The summed E-state index contributed by atoms with van der Waals surface area (Å²) in [6.07, 6.45) is 3.44. The minimum Gasteiger partial charge on any atom is -0.435 e. The van der Waals surface area contributed by atoms with Crippen molar-refractivity contribution in [1.82, 2.24) is 5.32 Å². The Balaban J connectivity index is 2.70. The lowest BCUT2D eigenvalue weighted by Crippen LogP contribution is -2.23. The first-order valence-electron chi connectivity index (χ1n) is 7.34. The van der Waals surface area contributed by atoms with Gasteiger partial charge in [-0.2, -0.15) is 8.78 Å². The van der Waals surface area contributed by atoms with Crippen molar-refractivity contribution in [2.75, 3.05) is 6.54 Å². The number of hydrogen-bond acceptors (Lipinski definition) is 2. The quantitative estimate of drug-likeness (QED) is 0.706. The molecule has 0 amide bonds. The summed E-state index contributed by atoms with van der Waals surface area (Å²) in [6, 6.07) is 7.21. The van der Waals surface area contributed by atoms with Crippen LogP contribution in [0.3, 0.4) is 0 Å². The lowest BCUT2D eigenvalue weighted by molar-refractivity contribution is -0.0498. The Kier molecular flexibility index (Phi) is 7.52. The van der Waals surface area contributed by atoms with Gasteiger partial charge in [-0.1, -0.05) is 45.7 Å². The molecule has 0 aromatic heterocycles. The third-order valence-electron chi connectivity index (χ3n) is 3.38. The first-order chi connectivity index (χ1) is 9.56. The molecule has 114 valence electrons. The van der Waals surface area contributed by atoms with E-state index in [1.54, 1.807) is 12.1 Å². The Labute approximate surface area is 120 Å². The number of ether oxygens (including phenoxy) is 1. The molecule has 0 fully saturated rings. The summed E-state index contributed by atoms with van der Waals surface area (Å²) < 4.78 is 28.6. The molecule has 20 heavy (non-hydrogen) atoms. The minimum absolute atomic E-state index is 0.209. The van der Waals surface area contributed by atoms with Gasteiger partial charge in [0.1, 0.15) is 5.75 Å². The van der Waals surface area contributed by atoms with Crippen molar-refractivity contribution in [1.29, 1.82) is 0 Å². The molecule has 0 saturated carbocycles. The second kappa shape index (κ2) is 8.90. The highest BCUT2D eigenvalue weighted by Gasteiger charge is 2.14. The van der Waals surface area contributed by atoms with Gasteiger partial charge in [0.2, 0.25) is 0 Å². The average molecular weight is 285 g/mol. The van der Waals surface area contributed by atoms with E-state index < -0.39 is 6.61 Å². The van der Waals surface area contributed by atoms with Crippen molar-refractivity contribution in [3.05, 3.63) is 29.8 Å². The van der Waals surface area contributed by atoms with Crippen molar-refractivity contribution in [2.24, 2.45) is 5.92 Å². The minimum atomic E-state index is -2.77. The van der Waals surface area contributed by atoms with Gasteiger partial charge in [-0.05, 0) is 36.6 Å². The van der Waals surface area contributed by atoms with Gasteiger partial charge in [0.15, 0.2) is 0 Å². The zero-order valence-electron chi connectivity index (χ0n) is 12.5. The summed E-state index contributed by atoms with van der Waals surface area (Å²) in [6.45, 7) is 4.64. The van der Waals surface area contributed by atoms with Crippen molar-refractivity contribution in [3.63, 3.8) is 0 Å². The fraction of sp³-hybridized carbons (Fsp3) is 0.625. The Bertz CT molecular complexity index is 367. The maximum Gasteiger partial charge on any atom is 0.387 e. The standard InChI is InChI=1S/C16H25F2NO/c1-4-6-12(3)11-15(19-5-2)13-7-9-14(10-8-13)20-16(17)18/h7-10,12,15-16,19H,4-6,11H2,1-3H3. The molecular weight excluding hydrogens is 260 g/mol. The van der Waals surface area contributed by atoms with E-state index in [-0.39, 0.29) is 11.8 Å². The Morgan fingerprint density at radius 3 is 2.30 bits per heavy atom. The van der Waals surface area contributed by atoms with Crippen LogP contribution in [0, 0.1) is 5.92 Å². The Morgan fingerprint density at radius 1 is 1.15 bits per heavy atom. The third kappa shape index (κ3) is 5.87. The van der Waals surface area contributed by atoms with Crippen LogP contribution in [0.1, 0.15) is 51.6 Å². The predicted octanol–water partition coefficient (Wildman–Crippen LogP) is 4.76. The molecule has 4 heteroatoms. The maximum absolute atomic E-state index is 12.1. The molecule has 0 radical (unpaired) electrons. The molecule has 0 aliphatic rings. The van der Waals surface area contributed by atoms with Gasteiger partial charge in [0.25, 0.3) is 0 Å². The molecule has 0 heterocycles. The summed E-state index contributed by atoms with van der Waals surface area (Å²) >= 11 is 0. The van der Waals surface area contributed by atoms with Crippen LogP contribution in [-0.4, -0.2) is 13.2 Å². The molecular formula is C16H25F2NO. The summed E-state index contributed by atoms with van der Waals surface area (Å²) in [5.41, 5.74) is 1.12. The van der Waals surface area contributed by atoms with E-state index in [0.717, 1.165) is 18.5 Å². The zero-order chi connectivity index (χ0) is 15.0. The monoisotopic (exact) mass is 285 g/mol. The van der Waals surface area contributed by atoms with Crippen LogP contribution in [0.15, 0.2) is 24.3 Å². The topological polar surface area (TPSA) is 21.3 Å². The summed E-state index contributed by atoms with van der Waals surface area (Å²) in [5, 5.41) is 3.46. The highest BCUT2D eigenvalue weighted by molar-refractivity contribution is 5.29. The van der Waals surface area contributed by atoms with Crippen LogP contribution in [0.2, 0.25) is 0 Å². The second-order valence-electron chi connectivity index (χ2n) is 5.19. The SMILES string of the molecule is CCCC(C)CC(NCC)c1ccc(OC(F)F)cc1. The van der Waals surface area contributed by atoms with Crippen LogP contribution in [0.5, 0.6) is 5.75 Å². The molecule has 1 aromatic rings. The molecule has 0 bridgehead atoms.